The van der Waals surface area contributed by atoms with Gasteiger partial charge in [0.2, 0.25) is 5.95 Å². The van der Waals surface area contributed by atoms with Crippen LogP contribution in [0.1, 0.15) is 12.6 Å². The average molecular weight is 450 g/mol. The summed E-state index contributed by atoms with van der Waals surface area (Å²) >= 11 is 0. The van der Waals surface area contributed by atoms with Crippen LogP contribution in [-0.4, -0.2) is 56.2 Å². The Morgan fingerprint density at radius 3 is 2.40 bits per heavy atom. The fraction of sp³-hybridized carbons (Fsp3) is 0.444. The molecule has 1 saturated heterocycles. The number of nitrogens with zero attached hydrogens (tertiary/aromatic N) is 4. The van der Waals surface area contributed by atoms with Crippen molar-refractivity contribution >= 4 is 21.5 Å². The van der Waals surface area contributed by atoms with Gasteiger partial charge in [-0.1, -0.05) is 6.07 Å². The topological polar surface area (TPSA) is 66.4 Å². The van der Waals surface area contributed by atoms with Crippen molar-refractivity contribution in [1.29, 1.82) is 0 Å². The monoisotopic (exact) mass is 450 g/mol. The Morgan fingerprint density at radius 2 is 1.80 bits per heavy atom. The molecule has 6 nitrogen and oxygen atoms in total. The molecule has 1 aromatic carbocycles. The highest BCUT2D eigenvalue weighted by atomic mass is 32.2. The highest BCUT2D eigenvalue weighted by Gasteiger charge is 2.44. The molecular formula is C18H19F5N4O2S. The van der Waals surface area contributed by atoms with Crippen LogP contribution in [0.5, 0.6) is 0 Å². The Kier molecular flexibility index (Phi) is 5.65. The van der Waals surface area contributed by atoms with Crippen LogP contribution in [-0.2, 0) is 16.0 Å². The van der Waals surface area contributed by atoms with Gasteiger partial charge in [-0.2, -0.15) is 13.2 Å². The van der Waals surface area contributed by atoms with Gasteiger partial charge in [0.05, 0.1) is 4.90 Å². The Bertz CT molecular complexity index is 1020. The lowest BCUT2D eigenvalue weighted by atomic mass is 10.1. The second-order valence-corrected chi connectivity index (χ2v) is 9.14. The van der Waals surface area contributed by atoms with Gasteiger partial charge < -0.3 is 9.80 Å². The van der Waals surface area contributed by atoms with Gasteiger partial charge in [0, 0.05) is 44.7 Å². The molecule has 0 aliphatic carbocycles. The third-order valence-electron chi connectivity index (χ3n) is 4.77. The van der Waals surface area contributed by atoms with E-state index in [1.807, 2.05) is 0 Å². The Morgan fingerprint density at radius 1 is 1.10 bits per heavy atom. The highest BCUT2D eigenvalue weighted by molar-refractivity contribution is 7.90. The lowest BCUT2D eigenvalue weighted by molar-refractivity contribution is -0.141. The maximum absolute atomic E-state index is 14.4. The Labute approximate surface area is 170 Å². The molecule has 12 heteroatoms. The van der Waals surface area contributed by atoms with Crippen LogP contribution in [0, 0.1) is 0 Å². The lowest BCUT2D eigenvalue weighted by Crippen LogP contribution is -2.60. The van der Waals surface area contributed by atoms with Gasteiger partial charge in [-0.05, 0) is 24.3 Å². The fourth-order valence-corrected chi connectivity index (χ4v) is 3.91. The molecule has 164 valence electrons. The van der Waals surface area contributed by atoms with Crippen molar-refractivity contribution < 1.29 is 30.4 Å². The maximum atomic E-state index is 14.4. The van der Waals surface area contributed by atoms with Crippen molar-refractivity contribution in [1.82, 2.24) is 9.97 Å². The number of hydrogen-bond donors (Lipinski definition) is 0. The number of aromatic nitrogens is 2. The van der Waals surface area contributed by atoms with E-state index in [9.17, 15) is 30.4 Å². The largest absolute Gasteiger partial charge is 0.433 e. The first kappa shape index (κ1) is 22.2. The molecule has 2 heterocycles. The summed E-state index contributed by atoms with van der Waals surface area (Å²) in [6.07, 6.45) is -2.80. The van der Waals surface area contributed by atoms with Crippen molar-refractivity contribution in [3.05, 3.63) is 42.2 Å². The first-order valence-corrected chi connectivity index (χ1v) is 10.8. The SMILES string of the molecule is CC(F)(F)[C@@H]1CN(c2cccc(S(C)(=O)=O)c2)CCN1c1nccc(C(F)(F)F)n1. The second kappa shape index (κ2) is 7.64. The van der Waals surface area contributed by atoms with Gasteiger partial charge in [-0.3, -0.25) is 0 Å². The number of sulfone groups is 1. The third kappa shape index (κ3) is 4.79. The van der Waals surface area contributed by atoms with E-state index in [1.165, 1.54) is 18.2 Å². The Hall–Kier alpha value is -2.50. The molecule has 0 spiro atoms. The van der Waals surface area contributed by atoms with Gasteiger partial charge in [-0.25, -0.2) is 27.2 Å². The van der Waals surface area contributed by atoms with E-state index in [2.05, 4.69) is 9.97 Å². The van der Waals surface area contributed by atoms with Gasteiger partial charge in [0.25, 0.3) is 5.92 Å². The molecule has 0 N–H and O–H groups in total. The molecule has 1 atom stereocenters. The second-order valence-electron chi connectivity index (χ2n) is 7.12. The normalized spacial score (nSPS) is 18.6. The van der Waals surface area contributed by atoms with Crippen LogP contribution in [0.15, 0.2) is 41.4 Å². The standard InChI is InChI=1S/C18H19F5N4O2S/c1-17(19,20)15-11-26(12-4-3-5-13(10-12)30(2,28)29)8-9-27(15)16-24-7-6-14(25-16)18(21,22)23/h3-7,10,15H,8-9,11H2,1-2H3/t15-/m0/s1. The van der Waals surface area contributed by atoms with Crippen molar-refractivity contribution in [3.63, 3.8) is 0 Å². The number of anilines is 2. The molecule has 1 fully saturated rings. The molecule has 30 heavy (non-hydrogen) atoms. The molecule has 0 unspecified atom stereocenters. The van der Waals surface area contributed by atoms with E-state index in [0.717, 1.165) is 17.4 Å². The lowest BCUT2D eigenvalue weighted by Gasteiger charge is -2.44. The van der Waals surface area contributed by atoms with Crippen LogP contribution in [0.4, 0.5) is 33.6 Å². The maximum Gasteiger partial charge on any atom is 0.433 e. The molecule has 0 radical (unpaired) electrons. The quantitative estimate of drug-likeness (QED) is 0.667. The van der Waals surface area contributed by atoms with Crippen LogP contribution >= 0.6 is 0 Å². The number of hydrogen-bond acceptors (Lipinski definition) is 6. The Balaban J connectivity index is 1.93. The predicted octanol–water partition coefficient (Wildman–Crippen LogP) is 3.25. The third-order valence-corrected chi connectivity index (χ3v) is 5.88. The van der Waals surface area contributed by atoms with Crippen molar-refractivity contribution in [3.8, 4) is 0 Å². The summed E-state index contributed by atoms with van der Waals surface area (Å²) in [5.74, 6) is -3.72. The number of rotatable bonds is 4. The minimum absolute atomic E-state index is 0.0449. The van der Waals surface area contributed by atoms with E-state index >= 15 is 0 Å². The van der Waals surface area contributed by atoms with Crippen LogP contribution in [0.2, 0.25) is 0 Å². The molecule has 0 amide bonds. The van der Waals surface area contributed by atoms with E-state index in [-0.39, 0.29) is 24.5 Å². The van der Waals surface area contributed by atoms with Gasteiger partial charge >= 0.3 is 6.18 Å². The summed E-state index contributed by atoms with van der Waals surface area (Å²) in [5.41, 5.74) is -0.786. The molecule has 1 aliphatic rings. The van der Waals surface area contributed by atoms with Gasteiger partial charge in [0.15, 0.2) is 9.84 Å². The predicted molar refractivity (Wildman–Crippen MR) is 101 cm³/mol. The van der Waals surface area contributed by atoms with E-state index in [1.54, 1.807) is 11.0 Å². The fourth-order valence-electron chi connectivity index (χ4n) is 3.25. The molecule has 1 aromatic heterocycles. The summed E-state index contributed by atoms with van der Waals surface area (Å²) in [7, 11) is -3.49. The number of alkyl halides is 5. The van der Waals surface area contributed by atoms with E-state index in [4.69, 9.17) is 0 Å². The number of piperazine rings is 1. The van der Waals surface area contributed by atoms with Crippen LogP contribution in [0.3, 0.4) is 0 Å². The number of halogens is 5. The summed E-state index contributed by atoms with van der Waals surface area (Å²) < 4.78 is 91.3. The zero-order valence-corrected chi connectivity index (χ0v) is 16.9. The first-order valence-electron chi connectivity index (χ1n) is 8.86. The molecule has 0 bridgehead atoms. The average Bonchev–Trinajstić information content (AvgIpc) is 2.66. The van der Waals surface area contributed by atoms with Crippen molar-refractivity contribution in [2.45, 2.75) is 30.0 Å². The minimum Gasteiger partial charge on any atom is -0.367 e. The summed E-state index contributed by atoms with van der Waals surface area (Å²) in [4.78, 5) is 9.88. The molecule has 1 aliphatic heterocycles. The molecule has 2 aromatic rings. The molecule has 3 rings (SSSR count). The summed E-state index contributed by atoms with van der Waals surface area (Å²) in [5, 5.41) is 0. The van der Waals surface area contributed by atoms with E-state index in [0.29, 0.717) is 18.7 Å². The number of benzene rings is 1. The minimum atomic E-state index is -4.73. The van der Waals surface area contributed by atoms with Crippen molar-refractivity contribution in [2.24, 2.45) is 0 Å². The first-order chi connectivity index (χ1) is 13.8. The van der Waals surface area contributed by atoms with Crippen LogP contribution in [0.25, 0.3) is 0 Å². The van der Waals surface area contributed by atoms with Gasteiger partial charge in [0.1, 0.15) is 11.7 Å². The summed E-state index contributed by atoms with van der Waals surface area (Å²) in [6.45, 7) is 0.517. The highest BCUT2D eigenvalue weighted by Crippen LogP contribution is 2.33. The smallest absolute Gasteiger partial charge is 0.367 e. The zero-order chi connectivity index (χ0) is 22.3. The van der Waals surface area contributed by atoms with Crippen LogP contribution < -0.4 is 9.80 Å². The van der Waals surface area contributed by atoms with Gasteiger partial charge in [-0.15, -0.1) is 0 Å². The summed E-state index contributed by atoms with van der Waals surface area (Å²) in [6, 6.07) is 5.05. The van der Waals surface area contributed by atoms with E-state index < -0.39 is 39.6 Å². The zero-order valence-electron chi connectivity index (χ0n) is 16.1. The molecule has 0 saturated carbocycles. The molecular weight excluding hydrogens is 431 g/mol. The van der Waals surface area contributed by atoms with Crippen molar-refractivity contribution in [2.75, 3.05) is 35.7 Å².